The van der Waals surface area contributed by atoms with Crippen LogP contribution in [0.4, 0.5) is 0 Å². The zero-order chi connectivity index (χ0) is 59.2. The average Bonchev–Trinajstić information content (AvgIpc) is 3.47. The molecule has 0 rings (SSSR count). The Kier molecular flexibility index (Phi) is 68.6. The highest BCUT2D eigenvalue weighted by Gasteiger charge is 2.19. The van der Waals surface area contributed by atoms with Crippen LogP contribution in [0.3, 0.4) is 0 Å². The predicted octanol–water partition coefficient (Wildman–Crippen LogP) is 25.3. The molecular formula is C76H140O6. The number of carbonyl (C=O) groups is 3. The van der Waals surface area contributed by atoms with Crippen LogP contribution in [-0.4, -0.2) is 37.2 Å². The Bertz CT molecular complexity index is 1410. The summed E-state index contributed by atoms with van der Waals surface area (Å²) < 4.78 is 16.9. The molecule has 6 nitrogen and oxygen atoms in total. The lowest BCUT2D eigenvalue weighted by molar-refractivity contribution is -0.167. The molecule has 0 spiro atoms. The van der Waals surface area contributed by atoms with Crippen LogP contribution in [-0.2, 0) is 28.6 Å². The lowest BCUT2D eigenvalue weighted by Crippen LogP contribution is -2.30. The van der Waals surface area contributed by atoms with Crippen molar-refractivity contribution in [2.24, 2.45) is 0 Å². The summed E-state index contributed by atoms with van der Waals surface area (Å²) in [7, 11) is 0. The SMILES string of the molecule is CCCCCCC/C=C\C/C=C\CCCCCCCCCCCCCCCCCCCCCCCCCC(=O)OCC(COC(=O)CCCCCCCCCC)OC(=O)CCCCCCCCCCC/C=C\C/C=C\CCCCCCC. The molecule has 0 radical (unpaired) electrons. The van der Waals surface area contributed by atoms with E-state index in [0.29, 0.717) is 19.3 Å². The fourth-order valence-electron chi connectivity index (χ4n) is 11.0. The van der Waals surface area contributed by atoms with Crippen LogP contribution >= 0.6 is 0 Å². The summed E-state index contributed by atoms with van der Waals surface area (Å²) in [6.45, 7) is 6.65. The molecule has 0 aliphatic rings. The van der Waals surface area contributed by atoms with Crippen LogP contribution in [0.5, 0.6) is 0 Å². The van der Waals surface area contributed by atoms with Crippen molar-refractivity contribution < 1.29 is 28.6 Å². The van der Waals surface area contributed by atoms with Crippen molar-refractivity contribution in [3.63, 3.8) is 0 Å². The van der Waals surface area contributed by atoms with Crippen molar-refractivity contribution in [2.45, 2.75) is 406 Å². The fraction of sp³-hybridized carbons (Fsp3) is 0.855. The molecule has 0 aromatic carbocycles. The molecule has 0 fully saturated rings. The predicted molar refractivity (Wildman–Crippen MR) is 358 cm³/mol. The summed E-state index contributed by atoms with van der Waals surface area (Å²) in [4.78, 5) is 38.2. The maximum Gasteiger partial charge on any atom is 0.306 e. The molecular weight excluding hydrogens is 1010 g/mol. The van der Waals surface area contributed by atoms with Gasteiger partial charge in [0.2, 0.25) is 0 Å². The molecule has 82 heavy (non-hydrogen) atoms. The van der Waals surface area contributed by atoms with E-state index in [1.54, 1.807) is 0 Å². The van der Waals surface area contributed by atoms with Gasteiger partial charge in [0.25, 0.3) is 0 Å². The molecule has 0 amide bonds. The van der Waals surface area contributed by atoms with Crippen molar-refractivity contribution in [3.05, 3.63) is 48.6 Å². The Hall–Kier alpha value is -2.63. The quantitative estimate of drug-likeness (QED) is 0.0261. The molecule has 1 unspecified atom stereocenters. The maximum atomic E-state index is 12.9. The number of carbonyl (C=O) groups excluding carboxylic acids is 3. The summed E-state index contributed by atoms with van der Waals surface area (Å²) in [5.74, 6) is -0.853. The third-order valence-electron chi connectivity index (χ3n) is 16.6. The van der Waals surface area contributed by atoms with Crippen molar-refractivity contribution >= 4 is 17.9 Å². The number of hydrogen-bond donors (Lipinski definition) is 0. The van der Waals surface area contributed by atoms with Crippen LogP contribution in [0, 0.1) is 0 Å². The molecule has 0 aliphatic carbocycles. The molecule has 0 aromatic heterocycles. The number of esters is 3. The number of unbranched alkanes of at least 4 members (excludes halogenated alkanes) is 49. The first kappa shape index (κ1) is 79.4. The largest absolute Gasteiger partial charge is 0.462 e. The minimum atomic E-state index is -0.771. The van der Waals surface area contributed by atoms with Gasteiger partial charge in [-0.2, -0.15) is 0 Å². The van der Waals surface area contributed by atoms with E-state index < -0.39 is 6.10 Å². The molecule has 0 saturated carbocycles. The van der Waals surface area contributed by atoms with E-state index in [-0.39, 0.29) is 31.1 Å². The van der Waals surface area contributed by atoms with Gasteiger partial charge in [-0.3, -0.25) is 14.4 Å². The Morgan fingerprint density at radius 2 is 0.439 bits per heavy atom. The summed E-state index contributed by atoms with van der Waals surface area (Å²) in [5, 5.41) is 0. The Morgan fingerprint density at radius 1 is 0.244 bits per heavy atom. The molecule has 6 heteroatoms. The van der Waals surface area contributed by atoms with Crippen molar-refractivity contribution in [1.29, 1.82) is 0 Å². The van der Waals surface area contributed by atoms with Gasteiger partial charge in [0, 0.05) is 19.3 Å². The summed E-state index contributed by atoms with van der Waals surface area (Å²) in [6.07, 6.45) is 90.4. The van der Waals surface area contributed by atoms with Gasteiger partial charge in [-0.15, -0.1) is 0 Å². The molecule has 0 N–H and O–H groups in total. The van der Waals surface area contributed by atoms with Gasteiger partial charge in [0.15, 0.2) is 6.10 Å². The monoisotopic (exact) mass is 1150 g/mol. The zero-order valence-electron chi connectivity index (χ0n) is 55.3. The normalized spacial score (nSPS) is 12.3. The van der Waals surface area contributed by atoms with Gasteiger partial charge in [0.05, 0.1) is 0 Å². The van der Waals surface area contributed by atoms with Gasteiger partial charge in [-0.05, 0) is 83.5 Å². The molecule has 0 bridgehead atoms. The molecule has 0 aliphatic heterocycles. The van der Waals surface area contributed by atoms with Crippen LogP contribution in [0.15, 0.2) is 48.6 Å². The van der Waals surface area contributed by atoms with Crippen molar-refractivity contribution in [3.8, 4) is 0 Å². The van der Waals surface area contributed by atoms with E-state index in [1.165, 1.54) is 289 Å². The van der Waals surface area contributed by atoms with Crippen LogP contribution < -0.4 is 0 Å². The highest BCUT2D eigenvalue weighted by molar-refractivity contribution is 5.71. The zero-order valence-corrected chi connectivity index (χ0v) is 55.3. The van der Waals surface area contributed by atoms with Gasteiger partial charge in [0.1, 0.15) is 13.2 Å². The Morgan fingerprint density at radius 3 is 0.671 bits per heavy atom. The van der Waals surface area contributed by atoms with E-state index >= 15 is 0 Å². The number of allylic oxidation sites excluding steroid dienone is 8. The molecule has 0 saturated heterocycles. The van der Waals surface area contributed by atoms with Crippen LogP contribution in [0.2, 0.25) is 0 Å². The van der Waals surface area contributed by atoms with E-state index in [0.717, 1.165) is 70.6 Å². The van der Waals surface area contributed by atoms with E-state index in [1.807, 2.05) is 0 Å². The number of ether oxygens (including phenoxy) is 3. The topological polar surface area (TPSA) is 78.9 Å². The van der Waals surface area contributed by atoms with Crippen LogP contribution in [0.25, 0.3) is 0 Å². The average molecular weight is 1150 g/mol. The first-order valence-electron chi connectivity index (χ1n) is 36.6. The fourth-order valence-corrected chi connectivity index (χ4v) is 11.0. The smallest absolute Gasteiger partial charge is 0.306 e. The summed E-state index contributed by atoms with van der Waals surface area (Å²) >= 11 is 0. The standard InChI is InChI=1S/C76H140O6/c1-4-7-10-13-16-19-21-23-25-27-29-31-32-33-34-35-36-37-38-39-40-41-42-43-44-46-47-49-51-53-55-57-60-63-66-69-75(78)81-72-73(71-80-74(77)68-65-62-59-18-15-12-9-6-3)82-76(79)70-67-64-61-58-56-54-52-50-48-45-30-28-26-24-22-20-17-14-11-8-5-2/h21-24,27-30,73H,4-20,25-26,31-72H2,1-3H3/b23-21-,24-22-,29-27-,30-28-. The van der Waals surface area contributed by atoms with Gasteiger partial charge in [-0.25, -0.2) is 0 Å². The lowest BCUT2D eigenvalue weighted by Gasteiger charge is -2.18. The van der Waals surface area contributed by atoms with Gasteiger partial charge in [-0.1, -0.05) is 345 Å². The number of rotatable bonds is 68. The first-order valence-corrected chi connectivity index (χ1v) is 36.6. The van der Waals surface area contributed by atoms with Crippen molar-refractivity contribution in [1.82, 2.24) is 0 Å². The third-order valence-corrected chi connectivity index (χ3v) is 16.6. The van der Waals surface area contributed by atoms with Gasteiger partial charge < -0.3 is 14.2 Å². The molecule has 0 heterocycles. The Balaban J connectivity index is 3.99. The van der Waals surface area contributed by atoms with Crippen LogP contribution in [0.1, 0.15) is 400 Å². The Labute approximate surface area is 511 Å². The summed E-state index contributed by atoms with van der Waals surface area (Å²) in [6, 6.07) is 0. The highest BCUT2D eigenvalue weighted by atomic mass is 16.6. The minimum Gasteiger partial charge on any atom is -0.462 e. The molecule has 1 atom stereocenters. The highest BCUT2D eigenvalue weighted by Crippen LogP contribution is 2.18. The minimum absolute atomic E-state index is 0.0693. The third kappa shape index (κ3) is 68.2. The van der Waals surface area contributed by atoms with Crippen molar-refractivity contribution in [2.75, 3.05) is 13.2 Å². The van der Waals surface area contributed by atoms with E-state index in [2.05, 4.69) is 69.4 Å². The van der Waals surface area contributed by atoms with E-state index in [9.17, 15) is 14.4 Å². The maximum absolute atomic E-state index is 12.9. The lowest BCUT2D eigenvalue weighted by atomic mass is 10.0. The molecule has 480 valence electrons. The second kappa shape index (κ2) is 70.9. The summed E-state index contributed by atoms with van der Waals surface area (Å²) in [5.41, 5.74) is 0. The number of hydrogen-bond acceptors (Lipinski definition) is 6. The molecule has 0 aromatic rings. The van der Waals surface area contributed by atoms with Gasteiger partial charge >= 0.3 is 17.9 Å². The second-order valence-electron chi connectivity index (χ2n) is 24.9. The second-order valence-corrected chi connectivity index (χ2v) is 24.9. The first-order chi connectivity index (χ1) is 40.5. The van der Waals surface area contributed by atoms with E-state index in [4.69, 9.17) is 14.2 Å².